The predicted octanol–water partition coefficient (Wildman–Crippen LogP) is 5.79. The van der Waals surface area contributed by atoms with Crippen LogP contribution in [0.5, 0.6) is 11.6 Å². The molecular weight excluding hydrogens is 796 g/mol. The second-order valence-corrected chi connectivity index (χ2v) is 19.8. The molecule has 324 valence electrons. The fraction of sp³-hybridized carbons (Fsp3) is 0.634. The van der Waals surface area contributed by atoms with Crippen LogP contribution in [-0.4, -0.2) is 105 Å². The highest BCUT2D eigenvalue weighted by Gasteiger charge is 2.63. The fourth-order valence-electron chi connectivity index (χ4n) is 8.32. The van der Waals surface area contributed by atoms with Gasteiger partial charge >= 0.3 is 6.09 Å². The van der Waals surface area contributed by atoms with E-state index in [1.165, 1.54) is 25.3 Å². The molecule has 2 saturated carbocycles. The van der Waals surface area contributed by atoms with Gasteiger partial charge in [0.2, 0.25) is 27.7 Å². The van der Waals surface area contributed by atoms with Gasteiger partial charge in [-0.2, -0.15) is 0 Å². The third-order valence-corrected chi connectivity index (χ3v) is 14.9. The summed E-state index contributed by atoms with van der Waals surface area (Å²) in [6, 6.07) is 1.13. The van der Waals surface area contributed by atoms with Gasteiger partial charge in [0.05, 0.1) is 17.9 Å². The Morgan fingerprint density at radius 3 is 2.47 bits per heavy atom. The van der Waals surface area contributed by atoms with Gasteiger partial charge < -0.3 is 24.8 Å². The third-order valence-electron chi connectivity index (χ3n) is 12.7. The lowest BCUT2D eigenvalue weighted by molar-refractivity contribution is -0.156. The molecule has 0 radical (unpaired) electrons. The first-order chi connectivity index (χ1) is 27.5. The second-order valence-electron chi connectivity index (χ2n) is 17.6. The van der Waals surface area contributed by atoms with E-state index in [9.17, 15) is 27.9 Å². The SMILES string of the molecule is CCOc1cc2ccnc(O[C@@H]3C[C@H]4C(=O)N[C@]5(C(=O)NS(=O)(=O)C6(C)CC6)C[C@H]5C=CCC[C@@H](C)C[C@@H](C)[C@H](N(C(=O)O)C(C)(C)C(C)(F)F)C(=O)N4C3)c2cc1F. The number of alkyl halides is 2. The number of fused-ring (bicyclic) bond motifs is 3. The van der Waals surface area contributed by atoms with Crippen LogP contribution in [0.3, 0.4) is 0 Å². The predicted molar refractivity (Wildman–Crippen MR) is 211 cm³/mol. The smallest absolute Gasteiger partial charge is 0.408 e. The molecule has 6 rings (SSSR count). The highest BCUT2D eigenvalue weighted by molar-refractivity contribution is 7.91. The summed E-state index contributed by atoms with van der Waals surface area (Å²) >= 11 is 0. The van der Waals surface area contributed by atoms with Gasteiger partial charge in [0.25, 0.3) is 11.8 Å². The molecule has 4 amide bonds. The summed E-state index contributed by atoms with van der Waals surface area (Å²) in [5.41, 5.74) is -4.11. The molecule has 0 spiro atoms. The van der Waals surface area contributed by atoms with Crippen molar-refractivity contribution < 1.29 is 55.3 Å². The number of benzene rings is 1. The molecule has 2 aromatic rings. The average molecular weight is 850 g/mol. The number of pyridine rings is 1. The minimum Gasteiger partial charge on any atom is -0.491 e. The Kier molecular flexibility index (Phi) is 11.8. The van der Waals surface area contributed by atoms with Gasteiger partial charge in [-0.1, -0.05) is 26.0 Å². The molecule has 7 atom stereocenters. The number of amides is 4. The number of carboxylic acid groups (broad SMARTS) is 1. The standard InChI is InChI=1S/C41H54F3N5O9S/c1-8-57-31-18-25-13-16-45-34(28(25)20-29(31)42)58-27-19-30-33(50)46-41(36(52)47-59(55,56)39(6)14-15-39)21-26(41)12-10-9-11-23(2)17-24(3)32(35(51)48(30)22-27)49(37(53)54)38(4,5)40(7,43)44/h10,12-13,16,18,20,23-24,26-27,30,32H,8-9,11,14-15,17,19,21-22H2,1-7H3,(H,46,50)(H,47,52)(H,53,54)/t23-,24-,26-,27-,30+,32+,41-/m1/s1. The maximum atomic E-state index is 15.4. The van der Waals surface area contributed by atoms with Gasteiger partial charge in [-0.25, -0.2) is 31.4 Å². The van der Waals surface area contributed by atoms with Gasteiger partial charge in [-0.3, -0.25) is 24.0 Å². The van der Waals surface area contributed by atoms with E-state index in [2.05, 4.69) is 15.0 Å². The van der Waals surface area contributed by atoms with Crippen molar-refractivity contribution in [3.63, 3.8) is 0 Å². The zero-order chi connectivity index (χ0) is 43.5. The number of ether oxygens (including phenoxy) is 2. The van der Waals surface area contributed by atoms with Crippen molar-refractivity contribution in [2.45, 2.75) is 133 Å². The number of halogens is 3. The molecular formula is C41H54F3N5O9S. The molecule has 3 heterocycles. The Bertz CT molecular complexity index is 2140. The molecule has 18 heteroatoms. The summed E-state index contributed by atoms with van der Waals surface area (Å²) in [6.07, 6.45) is 4.08. The summed E-state index contributed by atoms with van der Waals surface area (Å²) in [5, 5.41) is 14.1. The number of carbonyl (C=O) groups is 4. The summed E-state index contributed by atoms with van der Waals surface area (Å²) in [4.78, 5) is 62.6. The number of rotatable bonds is 10. The summed E-state index contributed by atoms with van der Waals surface area (Å²) < 4.78 is 85.0. The molecule has 4 aliphatic rings. The van der Waals surface area contributed by atoms with Gasteiger partial charge in [0, 0.05) is 30.8 Å². The van der Waals surface area contributed by atoms with Crippen LogP contribution in [0.15, 0.2) is 36.5 Å². The number of nitrogens with zero attached hydrogens (tertiary/aromatic N) is 3. The van der Waals surface area contributed by atoms with Crippen LogP contribution < -0.4 is 19.5 Å². The van der Waals surface area contributed by atoms with Crippen molar-refractivity contribution in [3.8, 4) is 11.6 Å². The van der Waals surface area contributed by atoms with E-state index in [1.54, 1.807) is 26.0 Å². The van der Waals surface area contributed by atoms with Crippen molar-refractivity contribution in [2.75, 3.05) is 13.2 Å². The van der Waals surface area contributed by atoms with Crippen molar-refractivity contribution in [1.82, 2.24) is 24.8 Å². The highest BCUT2D eigenvalue weighted by Crippen LogP contribution is 2.48. The molecule has 2 aliphatic carbocycles. The van der Waals surface area contributed by atoms with Crippen LogP contribution in [0.25, 0.3) is 10.8 Å². The van der Waals surface area contributed by atoms with Gasteiger partial charge in [-0.05, 0) is 102 Å². The van der Waals surface area contributed by atoms with E-state index in [-0.39, 0.29) is 55.3 Å². The number of nitrogens with one attached hydrogen (secondary N) is 2. The average Bonchev–Trinajstić information content (AvgIpc) is 4.02. The maximum Gasteiger partial charge on any atom is 0.408 e. The Hall–Kier alpha value is -4.61. The molecule has 0 unspecified atom stereocenters. The lowest BCUT2D eigenvalue weighted by Crippen LogP contribution is -2.66. The zero-order valence-electron chi connectivity index (χ0n) is 34.4. The van der Waals surface area contributed by atoms with Crippen molar-refractivity contribution in [2.24, 2.45) is 17.8 Å². The first-order valence-corrected chi connectivity index (χ1v) is 21.6. The quantitative estimate of drug-likeness (QED) is 0.248. The Morgan fingerprint density at radius 1 is 1.15 bits per heavy atom. The van der Waals surface area contributed by atoms with Crippen LogP contribution in [0.4, 0.5) is 18.0 Å². The van der Waals surface area contributed by atoms with E-state index in [0.717, 1.165) is 18.7 Å². The van der Waals surface area contributed by atoms with Crippen molar-refractivity contribution >= 4 is 44.6 Å². The zero-order valence-corrected chi connectivity index (χ0v) is 35.2. The van der Waals surface area contributed by atoms with Gasteiger partial charge in [0.1, 0.15) is 29.3 Å². The van der Waals surface area contributed by atoms with Crippen molar-refractivity contribution in [3.05, 3.63) is 42.4 Å². The van der Waals surface area contributed by atoms with E-state index >= 15 is 18.0 Å². The molecule has 59 heavy (non-hydrogen) atoms. The van der Waals surface area contributed by atoms with E-state index in [0.29, 0.717) is 42.9 Å². The topological polar surface area (TPSA) is 185 Å². The maximum absolute atomic E-state index is 15.4. The second kappa shape index (κ2) is 15.8. The Labute approximate surface area is 342 Å². The van der Waals surface area contributed by atoms with Gasteiger partial charge in [0.15, 0.2) is 11.6 Å². The van der Waals surface area contributed by atoms with E-state index in [4.69, 9.17) is 9.47 Å². The minimum absolute atomic E-state index is 0.00876. The molecule has 1 aromatic heterocycles. The first-order valence-electron chi connectivity index (χ1n) is 20.1. The third kappa shape index (κ3) is 8.42. The molecule has 1 aromatic carbocycles. The monoisotopic (exact) mass is 849 g/mol. The van der Waals surface area contributed by atoms with E-state index in [1.807, 2.05) is 13.0 Å². The molecule has 0 bridgehead atoms. The summed E-state index contributed by atoms with van der Waals surface area (Å²) in [6.45, 7) is 9.27. The van der Waals surface area contributed by atoms with E-state index < -0.39 is 91.4 Å². The molecule has 3 N–H and O–H groups in total. The van der Waals surface area contributed by atoms with Crippen LogP contribution >= 0.6 is 0 Å². The number of carbonyl (C=O) groups excluding carboxylic acids is 3. The summed E-state index contributed by atoms with van der Waals surface area (Å²) in [7, 11) is -4.11. The number of aromatic nitrogens is 1. The van der Waals surface area contributed by atoms with Crippen LogP contribution in [-0.2, 0) is 24.4 Å². The number of hydrogen-bond donors (Lipinski definition) is 3. The highest BCUT2D eigenvalue weighted by atomic mass is 32.2. The minimum atomic E-state index is -4.11. The van der Waals surface area contributed by atoms with Crippen LogP contribution in [0.1, 0.15) is 93.4 Å². The fourth-order valence-corrected chi connectivity index (χ4v) is 9.64. The molecule has 2 aliphatic heterocycles. The summed E-state index contributed by atoms with van der Waals surface area (Å²) in [5.74, 6) is -8.60. The Morgan fingerprint density at radius 2 is 1.85 bits per heavy atom. The molecule has 1 saturated heterocycles. The number of allylic oxidation sites excluding steroid dienone is 1. The number of hydrogen-bond acceptors (Lipinski definition) is 9. The normalized spacial score (nSPS) is 28.7. The molecule has 14 nitrogen and oxygen atoms in total. The largest absolute Gasteiger partial charge is 0.491 e. The van der Waals surface area contributed by atoms with Crippen LogP contribution in [0, 0.1) is 23.6 Å². The lowest BCUT2D eigenvalue weighted by atomic mass is 9.84. The number of sulfonamides is 1. The van der Waals surface area contributed by atoms with Crippen LogP contribution in [0.2, 0.25) is 0 Å². The molecule has 3 fully saturated rings. The lowest BCUT2D eigenvalue weighted by Gasteiger charge is -2.47. The first kappa shape index (κ1) is 44.0. The van der Waals surface area contributed by atoms with Crippen molar-refractivity contribution in [1.29, 1.82) is 0 Å². The Balaban J connectivity index is 1.42. The van der Waals surface area contributed by atoms with Gasteiger partial charge in [-0.15, -0.1) is 0 Å².